The van der Waals surface area contributed by atoms with Gasteiger partial charge in [-0.2, -0.15) is 5.26 Å². The van der Waals surface area contributed by atoms with E-state index in [0.29, 0.717) is 17.1 Å². The highest BCUT2D eigenvalue weighted by Gasteiger charge is 2.29. The molecule has 1 N–H and O–H groups in total. The zero-order chi connectivity index (χ0) is 15.8. The van der Waals surface area contributed by atoms with Crippen molar-refractivity contribution in [3.05, 3.63) is 51.0 Å². The Hall–Kier alpha value is -2.72. The minimum absolute atomic E-state index is 0.170. The standard InChI is InChI=1S/C16H13N5OS/c17-7-12-14(11-1-3-18-8-13(11)20-15(12)22)21-5-2-10(9-21)16-19-4-6-23-16/h1,3-4,6,8,10H,2,5,9H2,(H,20,22). The molecule has 0 aromatic carbocycles. The first kappa shape index (κ1) is 13.9. The summed E-state index contributed by atoms with van der Waals surface area (Å²) in [4.78, 5) is 25.5. The number of hydrogen-bond donors (Lipinski definition) is 1. The first-order chi connectivity index (χ1) is 11.3. The van der Waals surface area contributed by atoms with Crippen LogP contribution < -0.4 is 10.5 Å². The molecule has 0 radical (unpaired) electrons. The van der Waals surface area contributed by atoms with Gasteiger partial charge in [-0.05, 0) is 12.5 Å². The average molecular weight is 323 g/mol. The molecular formula is C16H13N5OS. The van der Waals surface area contributed by atoms with Gasteiger partial charge in [0.2, 0.25) is 0 Å². The highest BCUT2D eigenvalue weighted by atomic mass is 32.1. The number of nitriles is 1. The smallest absolute Gasteiger partial charge is 0.268 e. The van der Waals surface area contributed by atoms with Crippen LogP contribution in [-0.4, -0.2) is 28.0 Å². The Bertz CT molecular complexity index is 957. The lowest BCUT2D eigenvalue weighted by Gasteiger charge is -2.21. The molecule has 3 aromatic heterocycles. The number of rotatable bonds is 2. The molecule has 23 heavy (non-hydrogen) atoms. The van der Waals surface area contributed by atoms with E-state index in [1.54, 1.807) is 23.7 Å². The van der Waals surface area contributed by atoms with Gasteiger partial charge in [0.25, 0.3) is 5.56 Å². The van der Waals surface area contributed by atoms with Gasteiger partial charge in [-0.15, -0.1) is 11.3 Å². The molecule has 114 valence electrons. The van der Waals surface area contributed by atoms with Crippen LogP contribution in [0.3, 0.4) is 0 Å². The van der Waals surface area contributed by atoms with Crippen molar-refractivity contribution >= 4 is 27.9 Å². The van der Waals surface area contributed by atoms with Crippen molar-refractivity contribution in [2.24, 2.45) is 0 Å². The summed E-state index contributed by atoms with van der Waals surface area (Å²) in [5.41, 5.74) is 1.18. The van der Waals surface area contributed by atoms with Gasteiger partial charge >= 0.3 is 0 Å². The second kappa shape index (κ2) is 5.48. The van der Waals surface area contributed by atoms with Crippen molar-refractivity contribution < 1.29 is 0 Å². The molecule has 0 aliphatic carbocycles. The Labute approximate surface area is 136 Å². The van der Waals surface area contributed by atoms with Crippen molar-refractivity contribution in [2.75, 3.05) is 18.0 Å². The first-order valence-electron chi connectivity index (χ1n) is 7.32. The predicted octanol–water partition coefficient (Wildman–Crippen LogP) is 2.25. The van der Waals surface area contributed by atoms with Crippen molar-refractivity contribution in [1.29, 1.82) is 5.26 Å². The van der Waals surface area contributed by atoms with E-state index in [1.165, 1.54) is 0 Å². The third kappa shape index (κ3) is 2.28. The Morgan fingerprint density at radius 3 is 3.13 bits per heavy atom. The molecule has 0 spiro atoms. The molecular weight excluding hydrogens is 310 g/mol. The van der Waals surface area contributed by atoms with Gasteiger partial charge in [0.05, 0.1) is 22.4 Å². The summed E-state index contributed by atoms with van der Waals surface area (Å²) in [5, 5.41) is 13.4. The second-order valence-corrected chi connectivity index (χ2v) is 6.44. The van der Waals surface area contributed by atoms with E-state index >= 15 is 0 Å². The van der Waals surface area contributed by atoms with Gasteiger partial charge in [0.1, 0.15) is 11.6 Å². The number of H-pyrrole nitrogens is 1. The van der Waals surface area contributed by atoms with E-state index in [9.17, 15) is 10.1 Å². The van der Waals surface area contributed by atoms with Crippen LogP contribution in [0, 0.1) is 11.3 Å². The largest absolute Gasteiger partial charge is 0.369 e. The summed E-state index contributed by atoms with van der Waals surface area (Å²) in [5.74, 6) is 0.345. The molecule has 0 saturated carbocycles. The van der Waals surface area contributed by atoms with E-state index < -0.39 is 0 Å². The molecule has 1 saturated heterocycles. The summed E-state index contributed by atoms with van der Waals surface area (Å²) in [6.07, 6.45) is 6.09. The minimum atomic E-state index is -0.360. The van der Waals surface area contributed by atoms with Crippen molar-refractivity contribution in [1.82, 2.24) is 15.0 Å². The van der Waals surface area contributed by atoms with Crippen LogP contribution in [0.5, 0.6) is 0 Å². The fraction of sp³-hybridized carbons (Fsp3) is 0.250. The van der Waals surface area contributed by atoms with Gasteiger partial charge < -0.3 is 9.88 Å². The van der Waals surface area contributed by atoms with Crippen LogP contribution in [0.2, 0.25) is 0 Å². The number of hydrogen-bond acceptors (Lipinski definition) is 6. The lowest BCUT2D eigenvalue weighted by Crippen LogP contribution is -2.24. The van der Waals surface area contributed by atoms with Crippen LogP contribution in [0.25, 0.3) is 10.9 Å². The van der Waals surface area contributed by atoms with Crippen LogP contribution in [0.15, 0.2) is 34.8 Å². The molecule has 1 unspecified atom stereocenters. The molecule has 1 atom stereocenters. The Morgan fingerprint density at radius 2 is 2.35 bits per heavy atom. The van der Waals surface area contributed by atoms with E-state index in [4.69, 9.17) is 0 Å². The Balaban J connectivity index is 1.83. The van der Waals surface area contributed by atoms with Crippen molar-refractivity contribution in [3.8, 4) is 6.07 Å². The van der Waals surface area contributed by atoms with E-state index in [-0.39, 0.29) is 11.1 Å². The van der Waals surface area contributed by atoms with Crippen molar-refractivity contribution in [2.45, 2.75) is 12.3 Å². The average Bonchev–Trinajstić information content (AvgIpc) is 3.24. The van der Waals surface area contributed by atoms with Gasteiger partial charge in [0.15, 0.2) is 0 Å². The predicted molar refractivity (Wildman–Crippen MR) is 88.8 cm³/mol. The SMILES string of the molecule is N#Cc1c(N2CCC(c3nccs3)C2)c2ccncc2[nH]c1=O. The molecule has 0 bridgehead atoms. The molecule has 0 amide bonds. The third-order valence-electron chi connectivity index (χ3n) is 4.21. The van der Waals surface area contributed by atoms with Crippen LogP contribution in [0.1, 0.15) is 22.9 Å². The molecule has 1 aliphatic rings. The molecule has 4 rings (SSSR count). The Kier molecular flexibility index (Phi) is 3.32. The van der Waals surface area contributed by atoms with Gasteiger partial charge in [-0.25, -0.2) is 4.98 Å². The number of aromatic amines is 1. The van der Waals surface area contributed by atoms with E-state index in [1.807, 2.05) is 17.6 Å². The van der Waals surface area contributed by atoms with Gasteiger partial charge in [-0.1, -0.05) is 0 Å². The number of fused-ring (bicyclic) bond motifs is 1. The van der Waals surface area contributed by atoms with Crippen molar-refractivity contribution in [3.63, 3.8) is 0 Å². The highest BCUT2D eigenvalue weighted by Crippen LogP contribution is 2.35. The van der Waals surface area contributed by atoms with Gasteiger partial charge in [-0.3, -0.25) is 9.78 Å². The first-order valence-corrected chi connectivity index (χ1v) is 8.20. The normalized spacial score (nSPS) is 17.5. The van der Waals surface area contributed by atoms with Crippen LogP contribution in [-0.2, 0) is 0 Å². The lowest BCUT2D eigenvalue weighted by molar-refractivity contribution is 0.766. The molecule has 3 aromatic rings. The third-order valence-corrected chi connectivity index (χ3v) is 5.14. The molecule has 6 nitrogen and oxygen atoms in total. The number of nitrogens with one attached hydrogen (secondary N) is 1. The highest BCUT2D eigenvalue weighted by molar-refractivity contribution is 7.09. The summed E-state index contributed by atoms with van der Waals surface area (Å²) >= 11 is 1.65. The monoisotopic (exact) mass is 323 g/mol. The zero-order valence-corrected chi connectivity index (χ0v) is 13.0. The lowest BCUT2D eigenvalue weighted by atomic mass is 10.1. The fourth-order valence-corrected chi connectivity index (χ4v) is 3.93. The van der Waals surface area contributed by atoms with Gasteiger partial charge in [0, 0.05) is 42.2 Å². The number of thiazole rings is 1. The number of aromatic nitrogens is 3. The number of anilines is 1. The number of pyridine rings is 2. The topological polar surface area (TPSA) is 85.7 Å². The molecule has 1 aliphatic heterocycles. The summed E-state index contributed by atoms with van der Waals surface area (Å²) in [7, 11) is 0. The maximum atomic E-state index is 12.2. The number of nitrogens with zero attached hydrogens (tertiary/aromatic N) is 4. The molecule has 1 fully saturated rings. The van der Waals surface area contributed by atoms with E-state index in [2.05, 4.69) is 25.9 Å². The zero-order valence-electron chi connectivity index (χ0n) is 12.2. The summed E-state index contributed by atoms with van der Waals surface area (Å²) < 4.78 is 0. The summed E-state index contributed by atoms with van der Waals surface area (Å²) in [6, 6.07) is 3.91. The molecule has 4 heterocycles. The second-order valence-electron chi connectivity index (χ2n) is 5.51. The minimum Gasteiger partial charge on any atom is -0.369 e. The summed E-state index contributed by atoms with van der Waals surface area (Å²) in [6.45, 7) is 1.57. The maximum Gasteiger partial charge on any atom is 0.268 e. The van der Waals surface area contributed by atoms with Crippen LogP contribution >= 0.6 is 11.3 Å². The molecule has 7 heteroatoms. The van der Waals surface area contributed by atoms with E-state index in [0.717, 1.165) is 29.9 Å². The fourth-order valence-electron chi connectivity index (χ4n) is 3.16. The Morgan fingerprint density at radius 1 is 1.43 bits per heavy atom. The van der Waals surface area contributed by atoms with Crippen LogP contribution in [0.4, 0.5) is 5.69 Å². The quantitative estimate of drug-likeness (QED) is 0.781. The maximum absolute atomic E-state index is 12.2.